The minimum Gasteiger partial charge on any atom is -0.475 e. The van der Waals surface area contributed by atoms with Gasteiger partial charge < -0.3 is 10.1 Å². The molecule has 0 saturated carbocycles. The van der Waals surface area contributed by atoms with E-state index in [9.17, 15) is 4.79 Å². The zero-order valence-corrected chi connectivity index (χ0v) is 13.2. The summed E-state index contributed by atoms with van der Waals surface area (Å²) in [6, 6.07) is 3.42. The van der Waals surface area contributed by atoms with Crippen LogP contribution < -0.4 is 10.1 Å². The predicted octanol–water partition coefficient (Wildman–Crippen LogP) is 2.61. The van der Waals surface area contributed by atoms with Gasteiger partial charge >= 0.3 is 0 Å². The number of hydrogen-bond acceptors (Lipinski definition) is 5. The molecule has 0 atom stereocenters. The Morgan fingerprint density at radius 1 is 1.43 bits per heavy atom. The van der Waals surface area contributed by atoms with Crippen molar-refractivity contribution in [2.24, 2.45) is 0 Å². The largest absolute Gasteiger partial charge is 0.475 e. The SMILES string of the molecule is Cc1nc(CCNC(=O)c2ccc(OC(C)C)nc2)cs1. The van der Waals surface area contributed by atoms with Crippen molar-refractivity contribution < 1.29 is 9.53 Å². The van der Waals surface area contributed by atoms with Gasteiger partial charge in [0.05, 0.1) is 22.4 Å². The molecule has 112 valence electrons. The Labute approximate surface area is 128 Å². The molecule has 0 unspecified atom stereocenters. The Bertz CT molecular complexity index is 593. The van der Waals surface area contributed by atoms with Crippen LogP contribution in [0.2, 0.25) is 0 Å². The summed E-state index contributed by atoms with van der Waals surface area (Å²) in [5.41, 5.74) is 1.54. The summed E-state index contributed by atoms with van der Waals surface area (Å²) in [5, 5.41) is 5.92. The van der Waals surface area contributed by atoms with Crippen molar-refractivity contribution in [3.63, 3.8) is 0 Å². The van der Waals surface area contributed by atoms with E-state index in [4.69, 9.17) is 4.74 Å². The van der Waals surface area contributed by atoms with Crippen molar-refractivity contribution in [3.8, 4) is 5.88 Å². The number of carbonyl (C=O) groups excluding carboxylic acids is 1. The summed E-state index contributed by atoms with van der Waals surface area (Å²) >= 11 is 1.62. The lowest BCUT2D eigenvalue weighted by Gasteiger charge is -2.09. The van der Waals surface area contributed by atoms with E-state index in [0.29, 0.717) is 18.0 Å². The lowest BCUT2D eigenvalue weighted by molar-refractivity contribution is 0.0953. The van der Waals surface area contributed by atoms with Crippen LogP contribution in [0, 0.1) is 6.92 Å². The highest BCUT2D eigenvalue weighted by Gasteiger charge is 2.07. The molecular formula is C15H19N3O2S. The number of ether oxygens (including phenoxy) is 1. The second kappa shape index (κ2) is 7.17. The van der Waals surface area contributed by atoms with Gasteiger partial charge in [-0.3, -0.25) is 4.79 Å². The molecule has 0 fully saturated rings. The molecule has 2 aromatic heterocycles. The third-order valence-electron chi connectivity index (χ3n) is 2.69. The van der Waals surface area contributed by atoms with Crippen LogP contribution >= 0.6 is 11.3 Å². The summed E-state index contributed by atoms with van der Waals surface area (Å²) in [6.45, 7) is 6.40. The maximum absolute atomic E-state index is 12.0. The summed E-state index contributed by atoms with van der Waals surface area (Å²) < 4.78 is 5.44. The van der Waals surface area contributed by atoms with Gasteiger partial charge in [0.25, 0.3) is 5.91 Å². The van der Waals surface area contributed by atoms with Crippen molar-refractivity contribution in [1.29, 1.82) is 0 Å². The molecule has 0 aliphatic heterocycles. The van der Waals surface area contributed by atoms with E-state index in [1.807, 2.05) is 26.2 Å². The van der Waals surface area contributed by atoms with E-state index in [1.165, 1.54) is 6.20 Å². The van der Waals surface area contributed by atoms with Crippen molar-refractivity contribution in [2.75, 3.05) is 6.54 Å². The quantitative estimate of drug-likeness (QED) is 0.891. The maximum atomic E-state index is 12.0. The van der Waals surface area contributed by atoms with Crippen molar-refractivity contribution in [2.45, 2.75) is 33.3 Å². The topological polar surface area (TPSA) is 64.1 Å². The van der Waals surface area contributed by atoms with Gasteiger partial charge in [0.15, 0.2) is 0 Å². The average molecular weight is 305 g/mol. The van der Waals surface area contributed by atoms with Crippen LogP contribution in [0.3, 0.4) is 0 Å². The fourth-order valence-corrected chi connectivity index (χ4v) is 2.40. The molecule has 0 saturated heterocycles. The van der Waals surface area contributed by atoms with Gasteiger partial charge in [-0.1, -0.05) is 0 Å². The predicted molar refractivity (Wildman–Crippen MR) is 82.9 cm³/mol. The van der Waals surface area contributed by atoms with Gasteiger partial charge in [-0.25, -0.2) is 9.97 Å². The molecule has 2 rings (SSSR count). The zero-order valence-electron chi connectivity index (χ0n) is 12.4. The third kappa shape index (κ3) is 4.82. The first kappa shape index (κ1) is 15.4. The molecule has 0 bridgehead atoms. The Hall–Kier alpha value is -1.95. The van der Waals surface area contributed by atoms with Crippen molar-refractivity contribution in [3.05, 3.63) is 40.0 Å². The molecule has 1 N–H and O–H groups in total. The minimum atomic E-state index is -0.134. The Balaban J connectivity index is 1.82. The molecule has 0 aliphatic rings. The Morgan fingerprint density at radius 2 is 2.24 bits per heavy atom. The van der Waals surface area contributed by atoms with E-state index < -0.39 is 0 Å². The molecule has 6 heteroatoms. The molecule has 0 aromatic carbocycles. The van der Waals surface area contributed by atoms with Crippen LogP contribution in [0.1, 0.15) is 34.9 Å². The van der Waals surface area contributed by atoms with Gasteiger partial charge in [0.1, 0.15) is 0 Å². The maximum Gasteiger partial charge on any atom is 0.252 e. The molecule has 1 amide bonds. The van der Waals surface area contributed by atoms with Gasteiger partial charge in [0.2, 0.25) is 5.88 Å². The number of pyridine rings is 1. The number of nitrogens with one attached hydrogen (secondary N) is 1. The standard InChI is InChI=1S/C15H19N3O2S/c1-10(2)20-14-5-4-12(8-17-14)15(19)16-7-6-13-9-21-11(3)18-13/h4-5,8-10H,6-7H2,1-3H3,(H,16,19). The van der Waals surface area contributed by atoms with E-state index in [-0.39, 0.29) is 12.0 Å². The highest BCUT2D eigenvalue weighted by molar-refractivity contribution is 7.09. The monoisotopic (exact) mass is 305 g/mol. The van der Waals surface area contributed by atoms with Gasteiger partial charge in [-0.15, -0.1) is 11.3 Å². The van der Waals surface area contributed by atoms with Crippen LogP contribution in [-0.2, 0) is 6.42 Å². The van der Waals surface area contributed by atoms with E-state index in [1.54, 1.807) is 23.5 Å². The molecule has 2 aromatic rings. The number of aromatic nitrogens is 2. The molecule has 5 nitrogen and oxygen atoms in total. The molecular weight excluding hydrogens is 286 g/mol. The van der Waals surface area contributed by atoms with Crippen LogP contribution in [0.25, 0.3) is 0 Å². The fraction of sp³-hybridized carbons (Fsp3) is 0.400. The highest BCUT2D eigenvalue weighted by atomic mass is 32.1. The number of amides is 1. The molecule has 0 spiro atoms. The Kier molecular flexibility index (Phi) is 5.27. The Morgan fingerprint density at radius 3 is 2.81 bits per heavy atom. The van der Waals surface area contributed by atoms with Crippen LogP contribution in [0.5, 0.6) is 5.88 Å². The van der Waals surface area contributed by atoms with E-state index >= 15 is 0 Å². The number of hydrogen-bond donors (Lipinski definition) is 1. The van der Waals surface area contributed by atoms with Crippen molar-refractivity contribution in [1.82, 2.24) is 15.3 Å². The zero-order chi connectivity index (χ0) is 15.2. The normalized spacial score (nSPS) is 10.7. The average Bonchev–Trinajstić information content (AvgIpc) is 2.84. The van der Waals surface area contributed by atoms with Crippen LogP contribution in [0.4, 0.5) is 0 Å². The molecule has 2 heterocycles. The van der Waals surface area contributed by atoms with Crippen LogP contribution in [0.15, 0.2) is 23.7 Å². The number of thiazole rings is 1. The smallest absolute Gasteiger partial charge is 0.252 e. The van der Waals surface area contributed by atoms with Gasteiger partial charge in [-0.05, 0) is 26.8 Å². The van der Waals surface area contributed by atoms with E-state index in [2.05, 4.69) is 15.3 Å². The number of rotatable bonds is 6. The lowest BCUT2D eigenvalue weighted by Crippen LogP contribution is -2.25. The summed E-state index contributed by atoms with van der Waals surface area (Å²) in [7, 11) is 0. The van der Waals surface area contributed by atoms with Gasteiger partial charge in [0, 0.05) is 30.6 Å². The first-order valence-corrected chi connectivity index (χ1v) is 7.74. The number of nitrogens with zero attached hydrogens (tertiary/aromatic N) is 2. The minimum absolute atomic E-state index is 0.0683. The third-order valence-corrected chi connectivity index (χ3v) is 3.51. The summed E-state index contributed by atoms with van der Waals surface area (Å²) in [4.78, 5) is 20.4. The lowest BCUT2D eigenvalue weighted by atomic mass is 10.2. The second-order valence-electron chi connectivity index (χ2n) is 4.92. The fourth-order valence-electron chi connectivity index (χ4n) is 1.76. The highest BCUT2D eigenvalue weighted by Crippen LogP contribution is 2.10. The first-order chi connectivity index (χ1) is 10.0. The number of carbonyl (C=O) groups is 1. The van der Waals surface area contributed by atoms with E-state index in [0.717, 1.165) is 17.1 Å². The van der Waals surface area contributed by atoms with Crippen molar-refractivity contribution >= 4 is 17.2 Å². The second-order valence-corrected chi connectivity index (χ2v) is 5.98. The summed E-state index contributed by atoms with van der Waals surface area (Å²) in [5.74, 6) is 0.394. The molecule has 0 aliphatic carbocycles. The molecule has 0 radical (unpaired) electrons. The van der Waals surface area contributed by atoms with Crippen LogP contribution in [-0.4, -0.2) is 28.5 Å². The number of aryl methyl sites for hydroxylation is 1. The van der Waals surface area contributed by atoms with Gasteiger partial charge in [-0.2, -0.15) is 0 Å². The first-order valence-electron chi connectivity index (χ1n) is 6.86. The summed E-state index contributed by atoms with van der Waals surface area (Å²) in [6.07, 6.45) is 2.33. The molecule has 21 heavy (non-hydrogen) atoms.